The van der Waals surface area contributed by atoms with E-state index in [9.17, 15) is 10.2 Å². The number of rotatable bonds is 4. The van der Waals surface area contributed by atoms with E-state index in [0.29, 0.717) is 11.8 Å². The predicted molar refractivity (Wildman–Crippen MR) is 108 cm³/mol. The Labute approximate surface area is 156 Å². The molecule has 0 aromatic heterocycles. The monoisotopic (exact) mass is 348 g/mol. The average molecular weight is 348 g/mol. The molecule has 0 radical (unpaired) electrons. The smallest absolute Gasteiger partial charge is 0.115 e. The van der Waals surface area contributed by atoms with E-state index in [-0.39, 0.29) is 22.8 Å². The van der Waals surface area contributed by atoms with Gasteiger partial charge < -0.3 is 10.2 Å². The van der Waals surface area contributed by atoms with Crippen LogP contribution >= 0.6 is 0 Å². The SMILES string of the molecule is CC(C)C1=CC(c2ccc(O)cc2)C(c2ccc(O)cc2)(C(C)C)C=C1. The molecule has 2 heteroatoms. The zero-order chi connectivity index (χ0) is 18.9. The largest absolute Gasteiger partial charge is 0.508 e. The molecule has 1 aliphatic rings. The Hall–Kier alpha value is -2.48. The van der Waals surface area contributed by atoms with Gasteiger partial charge in [-0.05, 0) is 52.8 Å². The van der Waals surface area contributed by atoms with Gasteiger partial charge in [-0.2, -0.15) is 0 Å². The van der Waals surface area contributed by atoms with Crippen molar-refractivity contribution in [2.75, 3.05) is 0 Å². The fourth-order valence-corrected chi connectivity index (χ4v) is 4.07. The summed E-state index contributed by atoms with van der Waals surface area (Å²) in [5, 5.41) is 19.5. The van der Waals surface area contributed by atoms with E-state index in [2.05, 4.69) is 45.9 Å². The molecule has 136 valence electrons. The van der Waals surface area contributed by atoms with Gasteiger partial charge in [0, 0.05) is 11.3 Å². The summed E-state index contributed by atoms with van der Waals surface area (Å²) in [6, 6.07) is 15.2. The fourth-order valence-electron chi connectivity index (χ4n) is 4.07. The van der Waals surface area contributed by atoms with Crippen LogP contribution in [0.25, 0.3) is 0 Å². The molecule has 26 heavy (non-hydrogen) atoms. The van der Waals surface area contributed by atoms with Gasteiger partial charge in [-0.25, -0.2) is 0 Å². The quantitative estimate of drug-likeness (QED) is 0.719. The van der Waals surface area contributed by atoms with Gasteiger partial charge in [0.15, 0.2) is 0 Å². The summed E-state index contributed by atoms with van der Waals surface area (Å²) < 4.78 is 0. The van der Waals surface area contributed by atoms with Gasteiger partial charge in [0.25, 0.3) is 0 Å². The van der Waals surface area contributed by atoms with Crippen molar-refractivity contribution in [3.8, 4) is 11.5 Å². The lowest BCUT2D eigenvalue weighted by Crippen LogP contribution is -2.38. The summed E-state index contributed by atoms with van der Waals surface area (Å²) in [5.41, 5.74) is 3.51. The van der Waals surface area contributed by atoms with Crippen LogP contribution in [0.15, 0.2) is 72.3 Å². The Kier molecular flexibility index (Phi) is 4.95. The molecule has 0 saturated carbocycles. The van der Waals surface area contributed by atoms with Gasteiger partial charge in [-0.1, -0.05) is 70.2 Å². The van der Waals surface area contributed by atoms with Gasteiger partial charge >= 0.3 is 0 Å². The second kappa shape index (κ2) is 7.03. The minimum absolute atomic E-state index is 0.162. The summed E-state index contributed by atoms with van der Waals surface area (Å²) in [6.45, 7) is 8.93. The van der Waals surface area contributed by atoms with Crippen molar-refractivity contribution in [1.29, 1.82) is 0 Å². The first-order valence-corrected chi connectivity index (χ1v) is 9.34. The molecule has 2 nitrogen and oxygen atoms in total. The van der Waals surface area contributed by atoms with E-state index >= 15 is 0 Å². The van der Waals surface area contributed by atoms with Crippen molar-refractivity contribution in [3.63, 3.8) is 0 Å². The van der Waals surface area contributed by atoms with Crippen LogP contribution < -0.4 is 0 Å². The van der Waals surface area contributed by atoms with Crippen molar-refractivity contribution < 1.29 is 10.2 Å². The first-order chi connectivity index (χ1) is 12.3. The van der Waals surface area contributed by atoms with Crippen molar-refractivity contribution >= 4 is 0 Å². The maximum Gasteiger partial charge on any atom is 0.115 e. The van der Waals surface area contributed by atoms with Crippen molar-refractivity contribution in [3.05, 3.63) is 83.5 Å². The number of benzene rings is 2. The number of aromatic hydroxyl groups is 2. The zero-order valence-electron chi connectivity index (χ0n) is 16.0. The Morgan fingerprint density at radius 2 is 1.35 bits per heavy atom. The highest BCUT2D eigenvalue weighted by molar-refractivity contribution is 5.49. The fraction of sp³-hybridized carbons (Fsp3) is 0.333. The van der Waals surface area contributed by atoms with Gasteiger partial charge in [0.2, 0.25) is 0 Å². The molecule has 0 amide bonds. The van der Waals surface area contributed by atoms with Crippen LogP contribution in [0.3, 0.4) is 0 Å². The molecule has 0 aliphatic heterocycles. The Morgan fingerprint density at radius 3 is 1.85 bits per heavy atom. The molecule has 2 aromatic rings. The Bertz CT molecular complexity index is 810. The van der Waals surface area contributed by atoms with E-state index < -0.39 is 0 Å². The molecule has 3 rings (SSSR count). The minimum atomic E-state index is -0.205. The van der Waals surface area contributed by atoms with Gasteiger partial charge in [0.1, 0.15) is 11.5 Å². The van der Waals surface area contributed by atoms with E-state index in [0.717, 1.165) is 0 Å². The predicted octanol–water partition coefficient (Wildman–Crippen LogP) is 5.93. The molecule has 0 bridgehead atoms. The van der Waals surface area contributed by atoms with Crippen LogP contribution in [-0.2, 0) is 5.41 Å². The van der Waals surface area contributed by atoms with E-state index in [4.69, 9.17) is 0 Å². The number of hydrogen-bond donors (Lipinski definition) is 2. The molecule has 0 spiro atoms. The van der Waals surface area contributed by atoms with Crippen molar-refractivity contribution in [1.82, 2.24) is 0 Å². The zero-order valence-corrected chi connectivity index (χ0v) is 16.0. The third-order valence-corrected chi connectivity index (χ3v) is 5.67. The first-order valence-electron chi connectivity index (χ1n) is 9.34. The maximum absolute atomic E-state index is 9.75. The molecule has 0 heterocycles. The van der Waals surface area contributed by atoms with Crippen LogP contribution in [0.5, 0.6) is 11.5 Å². The van der Waals surface area contributed by atoms with Crippen LogP contribution in [0.2, 0.25) is 0 Å². The molecule has 2 aromatic carbocycles. The van der Waals surface area contributed by atoms with E-state index in [1.165, 1.54) is 16.7 Å². The molecule has 0 fully saturated rings. The van der Waals surface area contributed by atoms with Crippen molar-refractivity contribution in [2.45, 2.75) is 39.0 Å². The average Bonchev–Trinajstić information content (AvgIpc) is 2.62. The second-order valence-electron chi connectivity index (χ2n) is 7.86. The standard InChI is InChI=1S/C24H28O2/c1-16(2)19-13-14-24(17(3)4,20-7-11-22(26)12-8-20)23(15-19)18-5-9-21(25)10-6-18/h5-17,23,25-26H,1-4H3. The van der Waals surface area contributed by atoms with Gasteiger partial charge in [-0.15, -0.1) is 0 Å². The first kappa shape index (κ1) is 18.3. The third kappa shape index (κ3) is 3.16. The van der Waals surface area contributed by atoms with Gasteiger partial charge in [0.05, 0.1) is 0 Å². The van der Waals surface area contributed by atoms with Crippen LogP contribution in [0.4, 0.5) is 0 Å². The molecule has 2 atom stereocenters. The highest BCUT2D eigenvalue weighted by atomic mass is 16.3. The third-order valence-electron chi connectivity index (χ3n) is 5.67. The minimum Gasteiger partial charge on any atom is -0.508 e. The number of hydrogen-bond acceptors (Lipinski definition) is 2. The molecule has 2 unspecified atom stereocenters. The lowest BCUT2D eigenvalue weighted by atomic mass is 9.59. The second-order valence-corrected chi connectivity index (χ2v) is 7.86. The van der Waals surface area contributed by atoms with Gasteiger partial charge in [-0.3, -0.25) is 0 Å². The molecule has 2 N–H and O–H groups in total. The lowest BCUT2D eigenvalue weighted by Gasteiger charge is -2.44. The molecular formula is C24H28O2. The molecule has 1 aliphatic carbocycles. The highest BCUT2D eigenvalue weighted by Crippen LogP contribution is 2.50. The van der Waals surface area contributed by atoms with Crippen molar-refractivity contribution in [2.24, 2.45) is 11.8 Å². The van der Waals surface area contributed by atoms with E-state index in [1.807, 2.05) is 24.3 Å². The molecular weight excluding hydrogens is 320 g/mol. The Morgan fingerprint density at radius 1 is 0.808 bits per heavy atom. The summed E-state index contributed by atoms with van der Waals surface area (Å²) in [4.78, 5) is 0. The lowest BCUT2D eigenvalue weighted by molar-refractivity contribution is 0.343. The topological polar surface area (TPSA) is 40.5 Å². The highest BCUT2D eigenvalue weighted by Gasteiger charge is 2.42. The summed E-state index contributed by atoms with van der Waals surface area (Å²) in [6.07, 6.45) is 6.98. The summed E-state index contributed by atoms with van der Waals surface area (Å²) in [5.74, 6) is 1.54. The molecule has 0 saturated heterocycles. The summed E-state index contributed by atoms with van der Waals surface area (Å²) >= 11 is 0. The van der Waals surface area contributed by atoms with Crippen LogP contribution in [0, 0.1) is 11.8 Å². The number of phenols is 2. The van der Waals surface area contributed by atoms with Crippen LogP contribution in [-0.4, -0.2) is 10.2 Å². The van der Waals surface area contributed by atoms with Crippen LogP contribution in [0.1, 0.15) is 44.7 Å². The number of phenolic OH excluding ortho intramolecular Hbond substituents is 2. The normalized spacial score (nSPS) is 22.7. The maximum atomic E-state index is 9.75. The summed E-state index contributed by atoms with van der Waals surface area (Å²) in [7, 11) is 0. The Balaban J connectivity index is 2.21. The number of allylic oxidation sites excluding steroid dienone is 4. The van der Waals surface area contributed by atoms with E-state index in [1.54, 1.807) is 24.3 Å².